The van der Waals surface area contributed by atoms with Gasteiger partial charge in [-0.2, -0.15) is 4.31 Å². The van der Waals surface area contributed by atoms with Gasteiger partial charge in [0.15, 0.2) is 0 Å². The van der Waals surface area contributed by atoms with Crippen molar-refractivity contribution in [3.63, 3.8) is 0 Å². The van der Waals surface area contributed by atoms with Gasteiger partial charge in [-0.1, -0.05) is 25.4 Å². The molecule has 5 nitrogen and oxygen atoms in total. The number of rotatable bonds is 4. The number of sulfonamides is 1. The topological polar surface area (TPSA) is 62.3 Å². The number of hydrogen-bond acceptors (Lipinski definition) is 4. The maximum atomic E-state index is 12.6. The first-order valence-electron chi connectivity index (χ1n) is 6.69. The van der Waals surface area contributed by atoms with Crippen LogP contribution >= 0.6 is 11.6 Å². The Morgan fingerprint density at radius 2 is 2.20 bits per heavy atom. The van der Waals surface area contributed by atoms with E-state index in [4.69, 9.17) is 11.6 Å². The quantitative estimate of drug-likeness (QED) is 0.926. The maximum Gasteiger partial charge on any atom is 0.244 e. The van der Waals surface area contributed by atoms with Gasteiger partial charge in [0.1, 0.15) is 10.7 Å². The second-order valence-corrected chi connectivity index (χ2v) is 7.75. The Morgan fingerprint density at radius 1 is 1.50 bits per heavy atom. The third-order valence-corrected chi connectivity index (χ3v) is 5.94. The molecule has 112 valence electrons. The zero-order valence-corrected chi connectivity index (χ0v) is 13.5. The summed E-state index contributed by atoms with van der Waals surface area (Å²) in [7, 11) is -1.80. The van der Waals surface area contributed by atoms with Gasteiger partial charge in [-0.05, 0) is 24.3 Å². The molecule has 0 spiro atoms. The molecule has 0 amide bonds. The highest BCUT2D eigenvalue weighted by molar-refractivity contribution is 7.89. The van der Waals surface area contributed by atoms with Crippen molar-refractivity contribution < 1.29 is 8.42 Å². The van der Waals surface area contributed by atoms with Crippen LogP contribution in [0.25, 0.3) is 0 Å². The number of pyridine rings is 1. The predicted octanol–water partition coefficient (Wildman–Crippen LogP) is 2.44. The Morgan fingerprint density at radius 3 is 2.70 bits per heavy atom. The molecule has 1 aliphatic heterocycles. The fourth-order valence-electron chi connectivity index (χ4n) is 2.41. The lowest BCUT2D eigenvalue weighted by Crippen LogP contribution is -2.29. The second kappa shape index (κ2) is 5.87. The third-order valence-electron chi connectivity index (χ3n) is 3.82. The van der Waals surface area contributed by atoms with Crippen molar-refractivity contribution in [2.24, 2.45) is 11.8 Å². The van der Waals surface area contributed by atoms with Gasteiger partial charge in [0, 0.05) is 26.3 Å². The lowest BCUT2D eigenvalue weighted by Gasteiger charge is -2.18. The first-order chi connectivity index (χ1) is 9.36. The van der Waals surface area contributed by atoms with Gasteiger partial charge < -0.3 is 5.32 Å². The molecule has 20 heavy (non-hydrogen) atoms. The van der Waals surface area contributed by atoms with Gasteiger partial charge >= 0.3 is 0 Å². The Bertz CT molecular complexity index is 589. The first kappa shape index (κ1) is 15.5. The molecule has 7 heteroatoms. The van der Waals surface area contributed by atoms with Crippen molar-refractivity contribution in [2.45, 2.75) is 25.2 Å². The number of aromatic nitrogens is 1. The highest BCUT2D eigenvalue weighted by Gasteiger charge is 2.34. The van der Waals surface area contributed by atoms with Gasteiger partial charge in [0.25, 0.3) is 0 Å². The zero-order chi connectivity index (χ0) is 14.9. The minimum absolute atomic E-state index is 0.158. The maximum absolute atomic E-state index is 12.6. The van der Waals surface area contributed by atoms with Crippen molar-refractivity contribution in [1.82, 2.24) is 9.29 Å². The van der Waals surface area contributed by atoms with Gasteiger partial charge in [-0.25, -0.2) is 13.4 Å². The van der Waals surface area contributed by atoms with E-state index in [0.717, 1.165) is 6.42 Å². The molecule has 1 unspecified atom stereocenters. The van der Waals surface area contributed by atoms with Crippen molar-refractivity contribution in [2.75, 3.05) is 25.5 Å². The van der Waals surface area contributed by atoms with E-state index < -0.39 is 10.0 Å². The van der Waals surface area contributed by atoms with Crippen LogP contribution in [-0.4, -0.2) is 37.8 Å². The SMILES string of the molecule is CNc1ncc(S(=O)(=O)N2CCC(C(C)C)C2)cc1Cl. The molecule has 1 fully saturated rings. The fourth-order valence-corrected chi connectivity index (χ4v) is 4.22. The molecule has 0 bridgehead atoms. The highest BCUT2D eigenvalue weighted by atomic mass is 35.5. The zero-order valence-electron chi connectivity index (χ0n) is 11.9. The summed E-state index contributed by atoms with van der Waals surface area (Å²) in [4.78, 5) is 4.20. The Balaban J connectivity index is 2.25. The van der Waals surface area contributed by atoms with Crippen LogP contribution in [0.5, 0.6) is 0 Å². The molecular weight excluding hydrogens is 298 g/mol. The molecule has 1 aromatic heterocycles. The van der Waals surface area contributed by atoms with Gasteiger partial charge in [-0.3, -0.25) is 0 Å². The average molecular weight is 318 g/mol. The lowest BCUT2D eigenvalue weighted by atomic mass is 9.96. The van der Waals surface area contributed by atoms with Crippen molar-refractivity contribution >= 4 is 27.4 Å². The van der Waals surface area contributed by atoms with E-state index in [1.807, 2.05) is 0 Å². The van der Waals surface area contributed by atoms with Crippen LogP contribution in [0.3, 0.4) is 0 Å². The van der Waals surface area contributed by atoms with Gasteiger partial charge in [-0.15, -0.1) is 0 Å². The van der Waals surface area contributed by atoms with E-state index in [9.17, 15) is 8.42 Å². The largest absolute Gasteiger partial charge is 0.372 e. The van der Waals surface area contributed by atoms with Crippen molar-refractivity contribution in [3.8, 4) is 0 Å². The Kier molecular flexibility index (Phi) is 4.56. The number of nitrogens with one attached hydrogen (secondary N) is 1. The molecule has 0 aromatic carbocycles. The molecule has 1 N–H and O–H groups in total. The fraction of sp³-hybridized carbons (Fsp3) is 0.615. The summed E-state index contributed by atoms with van der Waals surface area (Å²) in [6.45, 7) is 5.39. The molecule has 1 saturated heterocycles. The van der Waals surface area contributed by atoms with E-state index in [2.05, 4.69) is 24.1 Å². The number of anilines is 1. The summed E-state index contributed by atoms with van der Waals surface area (Å²) in [5.41, 5.74) is 0. The van der Waals surface area contributed by atoms with E-state index >= 15 is 0 Å². The van der Waals surface area contributed by atoms with Crippen LogP contribution in [0, 0.1) is 11.8 Å². The number of nitrogens with zero attached hydrogens (tertiary/aromatic N) is 2. The normalized spacial score (nSPS) is 20.6. The molecular formula is C13H20ClN3O2S. The molecule has 2 rings (SSSR count). The third kappa shape index (κ3) is 2.92. The molecule has 0 saturated carbocycles. The van der Waals surface area contributed by atoms with E-state index in [0.29, 0.717) is 35.8 Å². The number of halogens is 1. The Hall–Kier alpha value is -0.850. The van der Waals surface area contributed by atoms with Crippen LogP contribution in [-0.2, 0) is 10.0 Å². The van der Waals surface area contributed by atoms with E-state index in [1.54, 1.807) is 7.05 Å². The van der Waals surface area contributed by atoms with Gasteiger partial charge in [0.05, 0.1) is 5.02 Å². The average Bonchev–Trinajstić information content (AvgIpc) is 2.89. The molecule has 0 radical (unpaired) electrons. The van der Waals surface area contributed by atoms with Crippen LogP contribution < -0.4 is 5.32 Å². The highest BCUT2D eigenvalue weighted by Crippen LogP contribution is 2.30. The monoisotopic (exact) mass is 317 g/mol. The van der Waals surface area contributed by atoms with Gasteiger partial charge in [0.2, 0.25) is 10.0 Å². The van der Waals surface area contributed by atoms with Crippen LogP contribution in [0.2, 0.25) is 5.02 Å². The second-order valence-electron chi connectivity index (χ2n) is 5.41. The molecule has 1 atom stereocenters. The summed E-state index contributed by atoms with van der Waals surface area (Å²) < 4.78 is 26.7. The molecule has 2 heterocycles. The summed E-state index contributed by atoms with van der Waals surface area (Å²) in [5.74, 6) is 1.39. The summed E-state index contributed by atoms with van der Waals surface area (Å²) in [6, 6.07) is 1.46. The smallest absolute Gasteiger partial charge is 0.244 e. The summed E-state index contributed by atoms with van der Waals surface area (Å²) in [5, 5.41) is 3.13. The van der Waals surface area contributed by atoms with E-state index in [1.165, 1.54) is 16.6 Å². The van der Waals surface area contributed by atoms with E-state index in [-0.39, 0.29) is 4.90 Å². The lowest BCUT2D eigenvalue weighted by molar-refractivity contribution is 0.388. The van der Waals surface area contributed by atoms with Crippen molar-refractivity contribution in [1.29, 1.82) is 0 Å². The number of hydrogen-bond donors (Lipinski definition) is 1. The summed E-state index contributed by atoms with van der Waals surface area (Å²) >= 11 is 6.01. The van der Waals surface area contributed by atoms with Crippen LogP contribution in [0.4, 0.5) is 5.82 Å². The first-order valence-corrected chi connectivity index (χ1v) is 8.51. The molecule has 0 aliphatic carbocycles. The summed E-state index contributed by atoms with van der Waals surface area (Å²) in [6.07, 6.45) is 2.27. The standard InChI is InChI=1S/C13H20ClN3O2S/c1-9(2)10-4-5-17(8-10)20(18,19)11-6-12(14)13(15-3)16-7-11/h6-7,9-10H,4-5,8H2,1-3H3,(H,15,16). The van der Waals surface area contributed by atoms with Crippen molar-refractivity contribution in [3.05, 3.63) is 17.3 Å². The predicted molar refractivity (Wildman–Crippen MR) is 80.5 cm³/mol. The molecule has 1 aliphatic rings. The minimum atomic E-state index is -3.49. The van der Waals surface area contributed by atoms with Crippen LogP contribution in [0.1, 0.15) is 20.3 Å². The van der Waals surface area contributed by atoms with Crippen LogP contribution in [0.15, 0.2) is 17.2 Å². The molecule has 1 aromatic rings. The Labute approximate surface area is 125 Å². The minimum Gasteiger partial charge on any atom is -0.372 e.